The van der Waals surface area contributed by atoms with E-state index >= 15 is 0 Å². The van der Waals surface area contributed by atoms with Gasteiger partial charge in [-0.15, -0.1) is 0 Å². The summed E-state index contributed by atoms with van der Waals surface area (Å²) in [7, 11) is 0. The molecule has 0 saturated carbocycles. The first kappa shape index (κ1) is 13.6. The Morgan fingerprint density at radius 2 is 1.67 bits per heavy atom. The third kappa shape index (κ3) is 3.24. The van der Waals surface area contributed by atoms with Crippen molar-refractivity contribution in [2.45, 2.75) is 13.3 Å². The highest BCUT2D eigenvalue weighted by molar-refractivity contribution is 5.95. The quantitative estimate of drug-likeness (QED) is 0.632. The van der Waals surface area contributed by atoms with E-state index in [0.717, 1.165) is 18.2 Å². The Kier molecular flexibility index (Phi) is 4.30. The summed E-state index contributed by atoms with van der Waals surface area (Å²) >= 11 is 0. The highest BCUT2D eigenvalue weighted by Gasteiger charge is 2.19. The van der Waals surface area contributed by atoms with Gasteiger partial charge in [0.25, 0.3) is 17.3 Å². The summed E-state index contributed by atoms with van der Waals surface area (Å²) in [5.74, 6) is -0.566. The molecule has 0 bridgehead atoms. The zero-order valence-corrected chi connectivity index (χ0v) is 9.58. The van der Waals surface area contributed by atoms with Crippen LogP contribution in [-0.2, 0) is 0 Å². The number of amides is 1. The van der Waals surface area contributed by atoms with Gasteiger partial charge in [-0.1, -0.05) is 6.92 Å². The van der Waals surface area contributed by atoms with Crippen LogP contribution in [0.2, 0.25) is 0 Å². The predicted molar refractivity (Wildman–Crippen MR) is 62.4 cm³/mol. The number of nitro groups is 2. The van der Waals surface area contributed by atoms with Crippen LogP contribution < -0.4 is 5.32 Å². The van der Waals surface area contributed by atoms with Crippen LogP contribution in [0.4, 0.5) is 11.4 Å². The Morgan fingerprint density at radius 1 is 1.17 bits per heavy atom. The van der Waals surface area contributed by atoms with Crippen molar-refractivity contribution < 1.29 is 14.6 Å². The predicted octanol–water partition coefficient (Wildman–Crippen LogP) is 1.64. The third-order valence-corrected chi connectivity index (χ3v) is 2.12. The summed E-state index contributed by atoms with van der Waals surface area (Å²) in [5.41, 5.74) is -1.05. The summed E-state index contributed by atoms with van der Waals surface area (Å²) in [6.07, 6.45) is 0.697. The minimum absolute atomic E-state index is 0.0932. The molecule has 0 aromatic heterocycles. The van der Waals surface area contributed by atoms with Gasteiger partial charge in [0, 0.05) is 18.7 Å². The molecular formula is C10H11N3O5. The van der Waals surface area contributed by atoms with Gasteiger partial charge in [-0.2, -0.15) is 0 Å². The van der Waals surface area contributed by atoms with Crippen molar-refractivity contribution in [3.63, 3.8) is 0 Å². The first-order valence-electron chi connectivity index (χ1n) is 5.17. The molecule has 0 aliphatic rings. The monoisotopic (exact) mass is 253 g/mol. The van der Waals surface area contributed by atoms with Crippen LogP contribution in [0.5, 0.6) is 0 Å². The zero-order chi connectivity index (χ0) is 13.7. The van der Waals surface area contributed by atoms with Crippen LogP contribution in [0.1, 0.15) is 23.7 Å². The molecule has 0 fully saturated rings. The van der Waals surface area contributed by atoms with Crippen LogP contribution in [0.15, 0.2) is 18.2 Å². The fourth-order valence-corrected chi connectivity index (χ4v) is 1.28. The van der Waals surface area contributed by atoms with E-state index in [1.165, 1.54) is 0 Å². The topological polar surface area (TPSA) is 115 Å². The molecule has 1 aromatic rings. The molecule has 0 unspecified atom stereocenters. The number of nitrogens with one attached hydrogen (secondary N) is 1. The average molecular weight is 253 g/mol. The molecule has 0 radical (unpaired) electrons. The lowest BCUT2D eigenvalue weighted by atomic mass is 10.1. The summed E-state index contributed by atoms with van der Waals surface area (Å²) in [6, 6.07) is 2.84. The minimum Gasteiger partial charge on any atom is -0.352 e. The molecule has 0 spiro atoms. The lowest BCUT2D eigenvalue weighted by Gasteiger charge is -2.03. The highest BCUT2D eigenvalue weighted by Crippen LogP contribution is 2.22. The molecular weight excluding hydrogens is 242 g/mol. The second-order valence-corrected chi connectivity index (χ2v) is 3.51. The van der Waals surface area contributed by atoms with Gasteiger partial charge in [-0.25, -0.2) is 0 Å². The molecule has 96 valence electrons. The van der Waals surface area contributed by atoms with Gasteiger partial charge in [0.05, 0.1) is 21.5 Å². The van der Waals surface area contributed by atoms with E-state index in [9.17, 15) is 25.0 Å². The molecule has 8 heteroatoms. The van der Waals surface area contributed by atoms with Crippen molar-refractivity contribution >= 4 is 17.3 Å². The number of benzene rings is 1. The van der Waals surface area contributed by atoms with Gasteiger partial charge < -0.3 is 5.32 Å². The summed E-state index contributed by atoms with van der Waals surface area (Å²) in [4.78, 5) is 31.3. The van der Waals surface area contributed by atoms with E-state index in [1.807, 2.05) is 6.92 Å². The Labute approximate surface area is 102 Å². The van der Waals surface area contributed by atoms with Crippen molar-refractivity contribution in [1.29, 1.82) is 0 Å². The number of non-ortho nitro benzene ring substituents is 2. The van der Waals surface area contributed by atoms with Crippen molar-refractivity contribution in [2.24, 2.45) is 0 Å². The van der Waals surface area contributed by atoms with E-state index < -0.39 is 27.1 Å². The smallest absolute Gasteiger partial charge is 0.277 e. The van der Waals surface area contributed by atoms with Gasteiger partial charge >= 0.3 is 0 Å². The maximum atomic E-state index is 11.6. The maximum absolute atomic E-state index is 11.6. The van der Waals surface area contributed by atoms with Crippen molar-refractivity contribution in [3.05, 3.63) is 44.0 Å². The van der Waals surface area contributed by atoms with Gasteiger partial charge in [0.1, 0.15) is 0 Å². The van der Waals surface area contributed by atoms with Crippen LogP contribution in [0.25, 0.3) is 0 Å². The number of nitrogens with zero attached hydrogens (tertiary/aromatic N) is 2. The molecule has 18 heavy (non-hydrogen) atoms. The highest BCUT2D eigenvalue weighted by atomic mass is 16.6. The zero-order valence-electron chi connectivity index (χ0n) is 9.58. The summed E-state index contributed by atoms with van der Waals surface area (Å²) in [6.45, 7) is 2.24. The van der Waals surface area contributed by atoms with Crippen molar-refractivity contribution in [3.8, 4) is 0 Å². The van der Waals surface area contributed by atoms with E-state index in [-0.39, 0.29) is 5.56 Å². The SMILES string of the molecule is CCCNC(=O)c1cc([N+](=O)[O-])cc([N+](=O)[O-])c1. The second-order valence-electron chi connectivity index (χ2n) is 3.51. The van der Waals surface area contributed by atoms with E-state index in [0.29, 0.717) is 13.0 Å². The van der Waals surface area contributed by atoms with E-state index in [1.54, 1.807) is 0 Å². The van der Waals surface area contributed by atoms with Crippen LogP contribution in [0, 0.1) is 20.2 Å². The molecule has 0 heterocycles. The van der Waals surface area contributed by atoms with E-state index in [2.05, 4.69) is 5.32 Å². The minimum atomic E-state index is -0.774. The second kappa shape index (κ2) is 5.71. The number of nitro benzene ring substituents is 2. The molecule has 1 rings (SSSR count). The van der Waals surface area contributed by atoms with Gasteiger partial charge in [0.15, 0.2) is 0 Å². The fourth-order valence-electron chi connectivity index (χ4n) is 1.28. The largest absolute Gasteiger partial charge is 0.352 e. The lowest BCUT2D eigenvalue weighted by molar-refractivity contribution is -0.394. The van der Waals surface area contributed by atoms with Gasteiger partial charge in [-0.05, 0) is 6.42 Å². The summed E-state index contributed by atoms with van der Waals surface area (Å²) in [5, 5.41) is 23.7. The molecule has 1 amide bonds. The normalized spacial score (nSPS) is 9.83. The van der Waals surface area contributed by atoms with Crippen molar-refractivity contribution in [1.82, 2.24) is 5.32 Å². The molecule has 0 aliphatic heterocycles. The van der Waals surface area contributed by atoms with Gasteiger partial charge in [-0.3, -0.25) is 25.0 Å². The Bertz CT molecular complexity index is 468. The number of hydrogen-bond acceptors (Lipinski definition) is 5. The van der Waals surface area contributed by atoms with Crippen molar-refractivity contribution in [2.75, 3.05) is 6.54 Å². The molecule has 1 aromatic carbocycles. The Hall–Kier alpha value is -2.51. The van der Waals surface area contributed by atoms with Crippen LogP contribution in [-0.4, -0.2) is 22.3 Å². The molecule has 8 nitrogen and oxygen atoms in total. The number of carbonyl (C=O) groups is 1. The number of carbonyl (C=O) groups excluding carboxylic acids is 1. The number of hydrogen-bond donors (Lipinski definition) is 1. The lowest BCUT2D eigenvalue weighted by Crippen LogP contribution is -2.24. The fraction of sp³-hybridized carbons (Fsp3) is 0.300. The molecule has 0 aliphatic carbocycles. The molecule has 0 saturated heterocycles. The average Bonchev–Trinajstić information content (AvgIpc) is 2.35. The third-order valence-electron chi connectivity index (χ3n) is 2.12. The van der Waals surface area contributed by atoms with Gasteiger partial charge in [0.2, 0.25) is 0 Å². The Balaban J connectivity index is 3.14. The van der Waals surface area contributed by atoms with E-state index in [4.69, 9.17) is 0 Å². The molecule has 0 atom stereocenters. The van der Waals surface area contributed by atoms with Crippen LogP contribution >= 0.6 is 0 Å². The maximum Gasteiger partial charge on any atom is 0.277 e. The number of rotatable bonds is 5. The summed E-state index contributed by atoms with van der Waals surface area (Å²) < 4.78 is 0. The standard InChI is InChI=1S/C10H11N3O5/c1-2-3-11-10(14)7-4-8(12(15)16)6-9(5-7)13(17)18/h4-6H,2-3H2,1H3,(H,11,14). The van der Waals surface area contributed by atoms with Crippen LogP contribution in [0.3, 0.4) is 0 Å². The molecule has 1 N–H and O–H groups in total. The first-order valence-corrected chi connectivity index (χ1v) is 5.17. The first-order chi connectivity index (χ1) is 8.45. The Morgan fingerprint density at radius 3 is 2.06 bits per heavy atom.